The van der Waals surface area contributed by atoms with Crippen LogP contribution in [0.15, 0.2) is 59.6 Å². The molecule has 0 amide bonds. The van der Waals surface area contributed by atoms with E-state index in [2.05, 4.69) is 55.3 Å². The van der Waals surface area contributed by atoms with E-state index in [1.165, 1.54) is 0 Å². The number of phenolic OH excluding ortho intramolecular Hbond substituents is 1. The average Bonchev–Trinajstić information content (AvgIpc) is 3.22. The van der Waals surface area contributed by atoms with Crippen LogP contribution in [0, 0.1) is 0 Å². The number of piperidine rings is 1. The first-order valence-corrected chi connectivity index (χ1v) is 16.3. The number of anilines is 1. The third-order valence-electron chi connectivity index (χ3n) is 7.97. The molecule has 2 aromatic carbocycles. The van der Waals surface area contributed by atoms with Gasteiger partial charge in [0.05, 0.1) is 4.90 Å². The molecule has 1 aliphatic rings. The Bertz CT molecular complexity index is 1270. The summed E-state index contributed by atoms with van der Waals surface area (Å²) in [5.41, 5.74) is 2.06. The van der Waals surface area contributed by atoms with E-state index in [4.69, 9.17) is 0 Å². The summed E-state index contributed by atoms with van der Waals surface area (Å²) in [5, 5.41) is 10.7. The molecule has 0 spiro atoms. The van der Waals surface area contributed by atoms with E-state index in [0.29, 0.717) is 4.90 Å². The zero-order valence-electron chi connectivity index (χ0n) is 21.1. The van der Waals surface area contributed by atoms with E-state index in [9.17, 15) is 13.5 Å². The van der Waals surface area contributed by atoms with Gasteiger partial charge in [0.1, 0.15) is 5.75 Å². The van der Waals surface area contributed by atoms with Gasteiger partial charge in [0, 0.05) is 37.4 Å². The van der Waals surface area contributed by atoms with E-state index in [-0.39, 0.29) is 16.8 Å². The molecular formula is C26H37N3O3SSi. The quantitative estimate of drug-likeness (QED) is 0.472. The van der Waals surface area contributed by atoms with Crippen LogP contribution in [0.3, 0.4) is 0 Å². The number of rotatable bonds is 5. The monoisotopic (exact) mass is 499 g/mol. The van der Waals surface area contributed by atoms with Crippen LogP contribution in [0.25, 0.3) is 10.9 Å². The number of aromatic nitrogens is 1. The minimum Gasteiger partial charge on any atom is -0.508 e. The maximum Gasteiger partial charge on any atom is 0.243 e. The topological polar surface area (TPSA) is 65.8 Å². The van der Waals surface area contributed by atoms with Crippen LogP contribution in [0.5, 0.6) is 5.75 Å². The van der Waals surface area contributed by atoms with Gasteiger partial charge in [-0.25, -0.2) is 8.42 Å². The Hall–Kier alpha value is -2.29. The zero-order valence-corrected chi connectivity index (χ0v) is 22.9. The van der Waals surface area contributed by atoms with Crippen LogP contribution in [-0.2, 0) is 10.0 Å². The summed E-state index contributed by atoms with van der Waals surface area (Å²) >= 11 is 0. The van der Waals surface area contributed by atoms with Gasteiger partial charge >= 0.3 is 0 Å². The number of aromatic hydroxyl groups is 1. The fourth-order valence-electron chi connectivity index (χ4n) is 4.63. The summed E-state index contributed by atoms with van der Waals surface area (Å²) in [4.78, 5) is 2.61. The van der Waals surface area contributed by atoms with Gasteiger partial charge in [-0.1, -0.05) is 39.9 Å². The average molecular weight is 500 g/mol. The predicted molar refractivity (Wildman–Crippen MR) is 143 cm³/mol. The van der Waals surface area contributed by atoms with Crippen molar-refractivity contribution >= 4 is 34.8 Å². The number of hydrogen-bond acceptors (Lipinski definition) is 4. The molecule has 0 unspecified atom stereocenters. The van der Waals surface area contributed by atoms with Crippen LogP contribution in [0.4, 0.5) is 5.69 Å². The number of hydrogen-bond donors (Lipinski definition) is 1. The number of fused-ring (bicyclic) bond motifs is 1. The largest absolute Gasteiger partial charge is 0.508 e. The minimum absolute atomic E-state index is 0.0405. The number of benzene rings is 2. The highest BCUT2D eigenvalue weighted by atomic mass is 32.2. The minimum atomic E-state index is -3.61. The fraction of sp³-hybridized carbons (Fsp3) is 0.462. The van der Waals surface area contributed by atoms with E-state index in [0.717, 1.165) is 42.5 Å². The number of nitrogens with zero attached hydrogens (tertiary/aromatic N) is 3. The van der Waals surface area contributed by atoms with Crippen molar-refractivity contribution in [1.29, 1.82) is 0 Å². The van der Waals surface area contributed by atoms with E-state index in [1.54, 1.807) is 29.6 Å². The molecule has 1 aromatic heterocycles. The van der Waals surface area contributed by atoms with Crippen molar-refractivity contribution in [3.05, 3.63) is 54.7 Å². The third kappa shape index (κ3) is 4.39. The second-order valence-corrected chi connectivity index (χ2v) is 18.1. The molecule has 34 heavy (non-hydrogen) atoms. The Balaban J connectivity index is 1.56. The SMILES string of the molecule is CN(C1CCN(c2ccc(O)cc2)CC1)S(=O)(=O)c1ccc2ccn([Si](C)(C)C(C)(C)C)c2c1. The van der Waals surface area contributed by atoms with Crippen molar-refractivity contribution in [3.8, 4) is 5.75 Å². The first kappa shape index (κ1) is 24.8. The lowest BCUT2D eigenvalue weighted by molar-refractivity contribution is 0.312. The number of sulfonamides is 1. The Labute approximate surface area is 204 Å². The van der Waals surface area contributed by atoms with Gasteiger partial charge < -0.3 is 14.2 Å². The van der Waals surface area contributed by atoms with Crippen LogP contribution in [-0.4, -0.2) is 56.5 Å². The molecule has 0 radical (unpaired) electrons. The molecule has 8 heteroatoms. The van der Waals surface area contributed by atoms with Gasteiger partial charge in [0.25, 0.3) is 0 Å². The van der Waals surface area contributed by atoms with E-state index < -0.39 is 18.3 Å². The summed E-state index contributed by atoms with van der Waals surface area (Å²) in [7, 11) is -3.79. The standard InChI is InChI=1S/C26H37N3O3SSi/c1-26(2,3)34(5,6)29-18-13-20-7-12-24(19-25(20)29)33(31,32)27(4)21-14-16-28(17-15-21)22-8-10-23(30)11-9-22/h7-13,18-19,21,30H,14-17H2,1-6H3. The summed E-state index contributed by atoms with van der Waals surface area (Å²) in [6.45, 7) is 13.0. The molecule has 1 saturated heterocycles. The predicted octanol–water partition coefficient (Wildman–Crippen LogP) is 5.49. The molecule has 0 aliphatic carbocycles. The molecule has 1 fully saturated rings. The molecule has 184 valence electrons. The summed E-state index contributed by atoms with van der Waals surface area (Å²) in [6.07, 6.45) is 3.65. The number of phenols is 1. The van der Waals surface area contributed by atoms with Crippen LogP contribution >= 0.6 is 0 Å². The van der Waals surface area contributed by atoms with Gasteiger partial charge in [-0.2, -0.15) is 4.31 Å². The van der Waals surface area contributed by atoms with Crippen molar-refractivity contribution in [2.75, 3.05) is 25.0 Å². The molecule has 3 aromatic rings. The lowest BCUT2D eigenvalue weighted by Crippen LogP contribution is -2.45. The van der Waals surface area contributed by atoms with E-state index in [1.807, 2.05) is 24.3 Å². The highest BCUT2D eigenvalue weighted by Crippen LogP contribution is 2.39. The Morgan fingerprint density at radius 3 is 2.21 bits per heavy atom. The van der Waals surface area contributed by atoms with Crippen molar-refractivity contribution in [1.82, 2.24) is 8.54 Å². The van der Waals surface area contributed by atoms with Crippen molar-refractivity contribution < 1.29 is 13.5 Å². The summed E-state index contributed by atoms with van der Waals surface area (Å²) < 4.78 is 31.2. The normalized spacial score (nSPS) is 16.5. The van der Waals surface area contributed by atoms with Crippen molar-refractivity contribution in [2.24, 2.45) is 0 Å². The van der Waals surface area contributed by atoms with Crippen LogP contribution in [0.1, 0.15) is 33.6 Å². The van der Waals surface area contributed by atoms with Crippen molar-refractivity contribution in [3.63, 3.8) is 0 Å². The van der Waals surface area contributed by atoms with Crippen molar-refractivity contribution in [2.45, 2.75) is 62.7 Å². The maximum absolute atomic E-state index is 13.6. The molecule has 0 atom stereocenters. The first-order valence-electron chi connectivity index (χ1n) is 12.0. The van der Waals surface area contributed by atoms with Crippen LogP contribution < -0.4 is 4.90 Å². The zero-order chi connectivity index (χ0) is 24.9. The first-order chi connectivity index (χ1) is 15.8. The Morgan fingerprint density at radius 2 is 1.62 bits per heavy atom. The highest BCUT2D eigenvalue weighted by molar-refractivity contribution is 7.89. The van der Waals surface area contributed by atoms with Crippen LogP contribution in [0.2, 0.25) is 18.1 Å². The molecular weight excluding hydrogens is 462 g/mol. The Morgan fingerprint density at radius 1 is 1.00 bits per heavy atom. The van der Waals surface area contributed by atoms with Gasteiger partial charge in [-0.15, -0.1) is 0 Å². The second-order valence-electron chi connectivity index (χ2n) is 11.0. The second kappa shape index (κ2) is 8.73. The van der Waals surface area contributed by atoms with Gasteiger partial charge in [-0.05, 0) is 71.9 Å². The van der Waals surface area contributed by atoms with E-state index >= 15 is 0 Å². The molecule has 0 saturated carbocycles. The molecule has 1 N–H and O–H groups in total. The molecule has 4 rings (SSSR count). The highest BCUT2D eigenvalue weighted by Gasteiger charge is 2.38. The summed E-state index contributed by atoms with van der Waals surface area (Å²) in [6, 6.07) is 14.8. The van der Waals surface area contributed by atoms with Gasteiger partial charge in [0.2, 0.25) is 10.0 Å². The smallest absolute Gasteiger partial charge is 0.243 e. The molecule has 0 bridgehead atoms. The molecule has 6 nitrogen and oxygen atoms in total. The fourth-order valence-corrected chi connectivity index (χ4v) is 8.03. The lowest BCUT2D eigenvalue weighted by Gasteiger charge is -2.38. The lowest BCUT2D eigenvalue weighted by atomic mass is 10.0. The third-order valence-corrected chi connectivity index (χ3v) is 15.1. The maximum atomic E-state index is 13.6. The molecule has 2 heterocycles. The van der Waals surface area contributed by atoms with Gasteiger partial charge in [0.15, 0.2) is 8.24 Å². The Kier molecular flexibility index (Phi) is 6.37. The molecule has 1 aliphatic heterocycles. The summed E-state index contributed by atoms with van der Waals surface area (Å²) in [5.74, 6) is 0.251. The van der Waals surface area contributed by atoms with Gasteiger partial charge in [-0.3, -0.25) is 0 Å².